The highest BCUT2D eigenvalue weighted by molar-refractivity contribution is 6.30. The summed E-state index contributed by atoms with van der Waals surface area (Å²) in [5.41, 5.74) is 2.08. The molecule has 0 radical (unpaired) electrons. The van der Waals surface area contributed by atoms with Crippen LogP contribution in [0.4, 0.5) is 5.69 Å². The van der Waals surface area contributed by atoms with Crippen molar-refractivity contribution in [3.05, 3.63) is 59.1 Å². The normalized spacial score (nSPS) is 22.2. The van der Waals surface area contributed by atoms with E-state index in [1.54, 1.807) is 6.07 Å². The first-order valence-electron chi connectivity index (χ1n) is 11.1. The van der Waals surface area contributed by atoms with Gasteiger partial charge in [0.2, 0.25) is 0 Å². The van der Waals surface area contributed by atoms with E-state index in [4.69, 9.17) is 21.4 Å². The van der Waals surface area contributed by atoms with Gasteiger partial charge in [-0.15, -0.1) is 0 Å². The van der Waals surface area contributed by atoms with Crippen molar-refractivity contribution in [2.24, 2.45) is 0 Å². The molecule has 0 saturated carbocycles. The summed E-state index contributed by atoms with van der Waals surface area (Å²) in [7, 11) is 0. The fraction of sp³-hybridized carbons (Fsp3) is 0.458. The number of nitrogens with one attached hydrogen (secondary N) is 1. The predicted molar refractivity (Wildman–Crippen MR) is 124 cm³/mol. The van der Waals surface area contributed by atoms with E-state index in [0.29, 0.717) is 24.9 Å². The second-order valence-corrected chi connectivity index (χ2v) is 9.01. The molecule has 2 heterocycles. The molecule has 4 rings (SSSR count). The van der Waals surface area contributed by atoms with E-state index < -0.39 is 12.1 Å². The van der Waals surface area contributed by atoms with E-state index in [9.17, 15) is 9.90 Å². The largest absolute Gasteiger partial charge is 0.480 e. The van der Waals surface area contributed by atoms with Gasteiger partial charge in [-0.25, -0.2) is 4.79 Å². The van der Waals surface area contributed by atoms with E-state index in [1.165, 1.54) is 5.56 Å². The molecular weight excluding hydrogens is 430 g/mol. The Morgan fingerprint density at radius 1 is 1.09 bits per heavy atom. The van der Waals surface area contributed by atoms with Crippen LogP contribution in [-0.2, 0) is 11.3 Å². The summed E-state index contributed by atoms with van der Waals surface area (Å²) in [5.74, 6) is -0.485. The Kier molecular flexibility index (Phi) is 7.52. The van der Waals surface area contributed by atoms with Crippen LogP contribution < -0.4 is 15.0 Å². The van der Waals surface area contributed by atoms with Gasteiger partial charge < -0.3 is 25.2 Å². The smallest absolute Gasteiger partial charge is 0.341 e. The second kappa shape index (κ2) is 10.5. The predicted octanol–water partition coefficient (Wildman–Crippen LogP) is 2.61. The number of likely N-dealkylation sites (tertiary alicyclic amines) is 1. The second-order valence-electron chi connectivity index (χ2n) is 8.57. The number of para-hydroxylation sites is 2. The number of piperidine rings is 1. The third-order valence-corrected chi connectivity index (χ3v) is 6.45. The Morgan fingerprint density at radius 2 is 1.81 bits per heavy atom. The average Bonchev–Trinajstić information content (AvgIpc) is 3.15. The number of aliphatic hydroxyl groups excluding tert-OH is 1. The standard InChI is InChI=1S/C24H30ClN3O4/c25-18-7-5-17(6-8-18)13-27-11-9-19(10-12-27)26-20-14-28(15-22(20)29)21-3-1-2-4-23(21)32-16-24(30)31/h1-8,19-20,22,26,29H,9-16H2,(H,30,31)/t20-,22-/m1/s1. The van der Waals surface area contributed by atoms with Gasteiger partial charge in [0.15, 0.2) is 6.61 Å². The molecule has 172 valence electrons. The summed E-state index contributed by atoms with van der Waals surface area (Å²) >= 11 is 5.98. The van der Waals surface area contributed by atoms with Crippen LogP contribution in [0.3, 0.4) is 0 Å². The van der Waals surface area contributed by atoms with Crippen LogP contribution in [0.1, 0.15) is 18.4 Å². The third kappa shape index (κ3) is 5.92. The van der Waals surface area contributed by atoms with Crippen molar-refractivity contribution in [3.8, 4) is 5.75 Å². The van der Waals surface area contributed by atoms with E-state index >= 15 is 0 Å². The molecule has 8 heteroatoms. The van der Waals surface area contributed by atoms with Crippen LogP contribution >= 0.6 is 11.6 Å². The van der Waals surface area contributed by atoms with Crippen molar-refractivity contribution in [3.63, 3.8) is 0 Å². The van der Waals surface area contributed by atoms with Gasteiger partial charge in [-0.1, -0.05) is 35.9 Å². The molecule has 0 amide bonds. The minimum absolute atomic E-state index is 0.0321. The zero-order valence-corrected chi connectivity index (χ0v) is 18.7. The zero-order chi connectivity index (χ0) is 22.5. The lowest BCUT2D eigenvalue weighted by atomic mass is 10.0. The number of halogens is 1. The molecule has 7 nitrogen and oxygen atoms in total. The Hall–Kier alpha value is -2.32. The highest BCUT2D eigenvalue weighted by atomic mass is 35.5. The first-order valence-corrected chi connectivity index (χ1v) is 11.4. The maximum absolute atomic E-state index is 10.9. The van der Waals surface area contributed by atoms with Crippen LogP contribution in [0, 0.1) is 0 Å². The Bertz CT molecular complexity index is 902. The quantitative estimate of drug-likeness (QED) is 0.559. The zero-order valence-electron chi connectivity index (χ0n) is 18.0. The molecule has 2 aliphatic rings. The number of hydrogen-bond donors (Lipinski definition) is 3. The van der Waals surface area contributed by atoms with E-state index in [1.807, 2.05) is 30.3 Å². The fourth-order valence-electron chi connectivity index (χ4n) is 4.54. The molecular formula is C24H30ClN3O4. The molecule has 3 N–H and O–H groups in total. The van der Waals surface area contributed by atoms with Gasteiger partial charge in [0.25, 0.3) is 0 Å². The first kappa shape index (κ1) is 22.9. The van der Waals surface area contributed by atoms with Crippen molar-refractivity contribution in [1.29, 1.82) is 0 Å². The lowest BCUT2D eigenvalue weighted by Crippen LogP contribution is -2.49. The molecule has 0 unspecified atom stereocenters. The number of β-amino-alcohol motifs (C(OH)–C–C–N with tert-alkyl or cyclic N) is 1. The maximum atomic E-state index is 10.9. The van der Waals surface area contributed by atoms with Crippen LogP contribution in [0.2, 0.25) is 5.02 Å². The maximum Gasteiger partial charge on any atom is 0.341 e. The summed E-state index contributed by atoms with van der Waals surface area (Å²) in [4.78, 5) is 15.4. The van der Waals surface area contributed by atoms with Gasteiger partial charge in [0.1, 0.15) is 5.75 Å². The van der Waals surface area contributed by atoms with E-state index in [2.05, 4.69) is 27.2 Å². The number of anilines is 1. The Morgan fingerprint density at radius 3 is 2.53 bits per heavy atom. The number of ether oxygens (including phenoxy) is 1. The average molecular weight is 460 g/mol. The first-order chi connectivity index (χ1) is 15.5. The molecule has 2 aromatic rings. The van der Waals surface area contributed by atoms with Gasteiger partial charge in [-0.2, -0.15) is 0 Å². The minimum atomic E-state index is -1.01. The van der Waals surface area contributed by atoms with Crippen molar-refractivity contribution in [1.82, 2.24) is 10.2 Å². The fourth-order valence-corrected chi connectivity index (χ4v) is 4.66. The molecule has 32 heavy (non-hydrogen) atoms. The highest BCUT2D eigenvalue weighted by Gasteiger charge is 2.34. The molecule has 2 atom stereocenters. The summed E-state index contributed by atoms with van der Waals surface area (Å²) in [6.07, 6.45) is 1.58. The number of nitrogens with zero attached hydrogens (tertiary/aromatic N) is 2. The SMILES string of the molecule is O=C(O)COc1ccccc1N1C[C@@H](O)[C@H](NC2CCN(Cc3ccc(Cl)cc3)CC2)C1. The van der Waals surface area contributed by atoms with Gasteiger partial charge >= 0.3 is 5.97 Å². The summed E-state index contributed by atoms with van der Waals surface area (Å²) in [6.45, 7) is 3.71. The molecule has 2 aromatic carbocycles. The van der Waals surface area contributed by atoms with Crippen LogP contribution in [0.15, 0.2) is 48.5 Å². The van der Waals surface area contributed by atoms with E-state index in [0.717, 1.165) is 43.2 Å². The molecule has 2 aliphatic heterocycles. The van der Waals surface area contributed by atoms with E-state index in [-0.39, 0.29) is 12.6 Å². The summed E-state index contributed by atoms with van der Waals surface area (Å²) in [5, 5.41) is 24.0. The molecule has 0 bridgehead atoms. The lowest BCUT2D eigenvalue weighted by Gasteiger charge is -2.34. The number of benzene rings is 2. The molecule has 0 spiro atoms. The number of aliphatic hydroxyl groups is 1. The number of rotatable bonds is 8. The summed E-state index contributed by atoms with van der Waals surface area (Å²) in [6, 6.07) is 15.7. The molecule has 0 aliphatic carbocycles. The van der Waals surface area contributed by atoms with Crippen LogP contribution in [0.25, 0.3) is 0 Å². The van der Waals surface area contributed by atoms with Crippen LogP contribution in [0.5, 0.6) is 5.75 Å². The number of carbonyl (C=O) groups is 1. The lowest BCUT2D eigenvalue weighted by molar-refractivity contribution is -0.139. The van der Waals surface area contributed by atoms with Crippen LogP contribution in [-0.4, -0.2) is 72.1 Å². The Balaban J connectivity index is 1.28. The molecule has 2 fully saturated rings. The molecule has 2 saturated heterocycles. The summed E-state index contributed by atoms with van der Waals surface area (Å²) < 4.78 is 5.44. The Labute approximate surface area is 193 Å². The monoisotopic (exact) mass is 459 g/mol. The number of carboxylic acid groups (broad SMARTS) is 1. The van der Waals surface area contributed by atoms with Gasteiger partial charge in [0, 0.05) is 30.7 Å². The minimum Gasteiger partial charge on any atom is -0.480 e. The van der Waals surface area contributed by atoms with Crippen molar-refractivity contribution >= 4 is 23.3 Å². The van der Waals surface area contributed by atoms with Crippen molar-refractivity contribution < 1.29 is 19.7 Å². The van der Waals surface area contributed by atoms with Gasteiger partial charge in [-0.05, 0) is 55.8 Å². The number of hydrogen-bond acceptors (Lipinski definition) is 6. The van der Waals surface area contributed by atoms with Crippen molar-refractivity contribution in [2.45, 2.75) is 37.6 Å². The number of aliphatic carboxylic acids is 1. The topological polar surface area (TPSA) is 85.3 Å². The van der Waals surface area contributed by atoms with Crippen molar-refractivity contribution in [2.75, 3.05) is 37.7 Å². The highest BCUT2D eigenvalue weighted by Crippen LogP contribution is 2.31. The third-order valence-electron chi connectivity index (χ3n) is 6.20. The number of carboxylic acids is 1. The van der Waals surface area contributed by atoms with Gasteiger partial charge in [-0.3, -0.25) is 4.90 Å². The van der Waals surface area contributed by atoms with Gasteiger partial charge in [0.05, 0.1) is 17.8 Å². The molecule has 0 aromatic heterocycles.